The minimum atomic E-state index is -1.30. The van der Waals surface area contributed by atoms with Crippen molar-refractivity contribution in [3.05, 3.63) is 52.5 Å². The van der Waals surface area contributed by atoms with Gasteiger partial charge in [0.25, 0.3) is 0 Å². The van der Waals surface area contributed by atoms with Crippen molar-refractivity contribution >= 4 is 5.97 Å². The molecule has 2 N–H and O–H groups in total. The largest absolute Gasteiger partial charge is 0.477 e. The molecule has 2 rings (SSSR count). The summed E-state index contributed by atoms with van der Waals surface area (Å²) in [5.74, 6) is -1.96. The van der Waals surface area contributed by atoms with E-state index in [1.165, 1.54) is 18.2 Å². The summed E-state index contributed by atoms with van der Waals surface area (Å²) in [6.07, 6.45) is 1.02. The number of carbonyl (C=O) groups is 1. The molecule has 0 saturated heterocycles. The average Bonchev–Trinajstić information content (AvgIpc) is 2.61. The second kappa shape index (κ2) is 3.65. The quantitative estimate of drug-likeness (QED) is 0.796. The topological polar surface area (TPSA) is 75.1 Å². The van der Waals surface area contributed by atoms with E-state index < -0.39 is 17.5 Å². The molecule has 0 atom stereocenters. The number of halogens is 1. The fraction of sp³-hybridized carbons (Fsp3) is 0. The third-order valence-electron chi connectivity index (χ3n) is 2.09. The highest BCUT2D eigenvalue weighted by atomic mass is 19.1. The summed E-state index contributed by atoms with van der Waals surface area (Å²) in [5.41, 5.74) is -1.09. The highest BCUT2D eigenvalue weighted by Gasteiger charge is 2.16. The van der Waals surface area contributed by atoms with Crippen LogP contribution in [-0.2, 0) is 0 Å². The Labute approximate surface area is 88.8 Å². The lowest BCUT2D eigenvalue weighted by atomic mass is 10.3. The normalized spacial score (nSPS) is 10.3. The maximum absolute atomic E-state index is 13.4. The molecule has 1 heterocycles. The van der Waals surface area contributed by atoms with Crippen LogP contribution in [0, 0.1) is 5.82 Å². The van der Waals surface area contributed by atoms with Crippen molar-refractivity contribution in [1.82, 2.24) is 9.55 Å². The van der Waals surface area contributed by atoms with Crippen LogP contribution in [0.3, 0.4) is 0 Å². The van der Waals surface area contributed by atoms with Crippen LogP contribution in [-0.4, -0.2) is 20.6 Å². The van der Waals surface area contributed by atoms with Gasteiger partial charge in [-0.05, 0) is 12.1 Å². The molecule has 5 nitrogen and oxygen atoms in total. The van der Waals surface area contributed by atoms with Crippen LogP contribution in [0.2, 0.25) is 0 Å². The van der Waals surface area contributed by atoms with Gasteiger partial charge in [0.1, 0.15) is 5.82 Å². The van der Waals surface area contributed by atoms with E-state index in [0.717, 1.165) is 16.8 Å². The second-order valence-corrected chi connectivity index (χ2v) is 3.07. The van der Waals surface area contributed by atoms with Gasteiger partial charge in [-0.3, -0.25) is 4.57 Å². The zero-order valence-electron chi connectivity index (χ0n) is 7.98. The van der Waals surface area contributed by atoms with Gasteiger partial charge in [-0.25, -0.2) is 14.0 Å². The van der Waals surface area contributed by atoms with E-state index in [9.17, 15) is 14.0 Å². The number of H-pyrrole nitrogens is 1. The smallest absolute Gasteiger partial charge is 0.354 e. The molecule has 1 aromatic carbocycles. The molecule has 0 bridgehead atoms. The molecule has 6 heteroatoms. The van der Waals surface area contributed by atoms with Crippen LogP contribution < -0.4 is 5.69 Å². The number of rotatable bonds is 2. The van der Waals surface area contributed by atoms with E-state index in [2.05, 4.69) is 4.98 Å². The number of nitrogens with zero attached hydrogens (tertiary/aromatic N) is 1. The molecule has 0 aliphatic heterocycles. The molecule has 0 fully saturated rings. The van der Waals surface area contributed by atoms with Crippen molar-refractivity contribution in [1.29, 1.82) is 0 Å². The Balaban J connectivity index is 2.74. The summed E-state index contributed by atoms with van der Waals surface area (Å²) in [4.78, 5) is 24.4. The maximum atomic E-state index is 13.4. The Morgan fingerprint density at radius 2 is 2.06 bits per heavy atom. The molecule has 16 heavy (non-hydrogen) atoms. The summed E-state index contributed by atoms with van der Waals surface area (Å²) in [6.45, 7) is 0. The van der Waals surface area contributed by atoms with Gasteiger partial charge in [-0.15, -0.1) is 0 Å². The van der Waals surface area contributed by atoms with Crippen molar-refractivity contribution in [3.63, 3.8) is 0 Å². The molecule has 0 amide bonds. The van der Waals surface area contributed by atoms with Crippen molar-refractivity contribution in [3.8, 4) is 5.69 Å². The summed E-state index contributed by atoms with van der Waals surface area (Å²) in [5, 5.41) is 8.83. The van der Waals surface area contributed by atoms with Gasteiger partial charge in [0.2, 0.25) is 0 Å². The second-order valence-electron chi connectivity index (χ2n) is 3.07. The molecule has 0 aliphatic carbocycles. The van der Waals surface area contributed by atoms with E-state index in [-0.39, 0.29) is 11.4 Å². The van der Waals surface area contributed by atoms with Gasteiger partial charge < -0.3 is 10.1 Å². The van der Waals surface area contributed by atoms with Gasteiger partial charge in [0, 0.05) is 6.20 Å². The fourth-order valence-corrected chi connectivity index (χ4v) is 1.40. The van der Waals surface area contributed by atoms with Gasteiger partial charge in [0.05, 0.1) is 5.69 Å². The molecular formula is C10H7FN2O3. The predicted molar refractivity (Wildman–Crippen MR) is 53.3 cm³/mol. The van der Waals surface area contributed by atoms with Crippen LogP contribution in [0.5, 0.6) is 0 Å². The SMILES string of the molecule is O=C(O)c1c[nH]c(=O)n1-c1ccccc1F. The average molecular weight is 222 g/mol. The van der Waals surface area contributed by atoms with Crippen molar-refractivity contribution in [2.24, 2.45) is 0 Å². The third kappa shape index (κ3) is 1.50. The highest BCUT2D eigenvalue weighted by molar-refractivity contribution is 5.86. The number of aromatic nitrogens is 2. The number of hydrogen-bond acceptors (Lipinski definition) is 2. The number of carboxylic acid groups (broad SMARTS) is 1. The first kappa shape index (κ1) is 10.2. The van der Waals surface area contributed by atoms with Crippen LogP contribution in [0.25, 0.3) is 5.69 Å². The Morgan fingerprint density at radius 1 is 1.38 bits per heavy atom. The lowest BCUT2D eigenvalue weighted by Crippen LogP contribution is -2.20. The van der Waals surface area contributed by atoms with Crippen LogP contribution in [0.4, 0.5) is 4.39 Å². The number of nitrogens with one attached hydrogen (secondary N) is 1. The minimum absolute atomic E-state index is 0.0915. The van der Waals surface area contributed by atoms with E-state index in [1.807, 2.05) is 0 Å². The van der Waals surface area contributed by atoms with E-state index in [1.54, 1.807) is 0 Å². The van der Waals surface area contributed by atoms with E-state index >= 15 is 0 Å². The van der Waals surface area contributed by atoms with E-state index in [0.29, 0.717) is 0 Å². The van der Waals surface area contributed by atoms with Gasteiger partial charge in [-0.2, -0.15) is 0 Å². The van der Waals surface area contributed by atoms with Crippen LogP contribution >= 0.6 is 0 Å². The molecule has 0 radical (unpaired) electrons. The Morgan fingerprint density at radius 3 is 2.69 bits per heavy atom. The van der Waals surface area contributed by atoms with Gasteiger partial charge in [0.15, 0.2) is 5.69 Å². The summed E-state index contributed by atoms with van der Waals surface area (Å²) in [7, 11) is 0. The minimum Gasteiger partial charge on any atom is -0.477 e. The number of hydrogen-bond donors (Lipinski definition) is 2. The number of aromatic amines is 1. The summed E-state index contributed by atoms with van der Waals surface area (Å²) in [6, 6.07) is 5.46. The van der Waals surface area contributed by atoms with Crippen LogP contribution in [0.1, 0.15) is 10.5 Å². The number of benzene rings is 1. The van der Waals surface area contributed by atoms with Crippen molar-refractivity contribution in [2.45, 2.75) is 0 Å². The van der Waals surface area contributed by atoms with Gasteiger partial charge in [-0.1, -0.05) is 12.1 Å². The molecule has 0 unspecified atom stereocenters. The lowest BCUT2D eigenvalue weighted by Gasteiger charge is -2.04. The first-order valence-corrected chi connectivity index (χ1v) is 4.40. The Bertz CT molecular complexity index is 600. The van der Waals surface area contributed by atoms with Crippen molar-refractivity contribution < 1.29 is 14.3 Å². The molecule has 1 aromatic heterocycles. The first-order valence-electron chi connectivity index (χ1n) is 4.40. The molecule has 0 saturated carbocycles. The molecule has 2 aromatic rings. The molecule has 82 valence electrons. The number of imidazole rings is 1. The standard InChI is InChI=1S/C10H7FN2O3/c11-6-3-1-2-4-7(6)13-8(9(14)15)5-12-10(13)16/h1-5H,(H,12,16)(H,14,15). The summed E-state index contributed by atoms with van der Waals surface area (Å²) >= 11 is 0. The van der Waals surface area contributed by atoms with Crippen LogP contribution in [0.15, 0.2) is 35.3 Å². The zero-order chi connectivity index (χ0) is 11.7. The summed E-state index contributed by atoms with van der Waals surface area (Å²) < 4.78 is 14.2. The Hall–Kier alpha value is -2.37. The number of para-hydroxylation sites is 1. The van der Waals surface area contributed by atoms with Gasteiger partial charge >= 0.3 is 11.7 Å². The highest BCUT2D eigenvalue weighted by Crippen LogP contribution is 2.12. The Kier molecular flexibility index (Phi) is 2.32. The predicted octanol–water partition coefficient (Wildman–Crippen LogP) is 1.00. The molecule has 0 aliphatic rings. The maximum Gasteiger partial charge on any atom is 0.354 e. The lowest BCUT2D eigenvalue weighted by molar-refractivity contribution is 0.0688. The first-order chi connectivity index (χ1) is 7.61. The zero-order valence-corrected chi connectivity index (χ0v) is 7.98. The fourth-order valence-electron chi connectivity index (χ4n) is 1.40. The van der Waals surface area contributed by atoms with Crippen molar-refractivity contribution in [2.75, 3.05) is 0 Å². The molecule has 0 spiro atoms. The third-order valence-corrected chi connectivity index (χ3v) is 2.09. The van der Waals surface area contributed by atoms with E-state index in [4.69, 9.17) is 5.11 Å². The number of carboxylic acids is 1. The monoisotopic (exact) mass is 222 g/mol. The molecular weight excluding hydrogens is 215 g/mol. The number of aromatic carboxylic acids is 1.